The number of carbonyl (C=O) groups is 2. The lowest BCUT2D eigenvalue weighted by atomic mass is 10.2. The molecule has 0 unspecified atom stereocenters. The van der Waals surface area contributed by atoms with Crippen molar-refractivity contribution in [3.8, 4) is 0 Å². The van der Waals surface area contributed by atoms with Crippen LogP contribution in [0.15, 0.2) is 4.99 Å². The van der Waals surface area contributed by atoms with Crippen LogP contribution in [0.3, 0.4) is 0 Å². The molecule has 1 aliphatic heterocycles. The molecule has 1 saturated heterocycles. The van der Waals surface area contributed by atoms with Gasteiger partial charge in [-0.3, -0.25) is 4.99 Å². The van der Waals surface area contributed by atoms with Crippen molar-refractivity contribution in [2.75, 3.05) is 13.7 Å². The lowest BCUT2D eigenvalue weighted by Gasteiger charge is -2.03. The third kappa shape index (κ3) is 5.62. The van der Waals surface area contributed by atoms with Crippen molar-refractivity contribution < 1.29 is 37.9 Å². The maximum atomic E-state index is 11.0. The SMILES string of the molecule is C=N[C@@H]1C[NH2+][C@H](C(=O)OC)C1.O=C([O-])C(F)(F)F. The molecular weight excluding hydrogens is 257 g/mol. The van der Waals surface area contributed by atoms with Crippen LogP contribution in [0.2, 0.25) is 0 Å². The first-order valence-electron chi connectivity index (χ1n) is 4.87. The summed E-state index contributed by atoms with van der Waals surface area (Å²) in [5.74, 6) is -3.16. The number of ether oxygens (including phenoxy) is 1. The van der Waals surface area contributed by atoms with E-state index in [-0.39, 0.29) is 18.1 Å². The fraction of sp³-hybridized carbons (Fsp3) is 0.667. The Labute approximate surface area is 101 Å². The minimum absolute atomic E-state index is 0.0597. The van der Waals surface area contributed by atoms with E-state index >= 15 is 0 Å². The lowest BCUT2D eigenvalue weighted by molar-refractivity contribution is -0.659. The zero-order chi connectivity index (χ0) is 14.3. The number of methoxy groups -OCH3 is 1. The van der Waals surface area contributed by atoms with Gasteiger partial charge in [-0.05, 0) is 6.72 Å². The molecule has 0 aromatic carbocycles. The second kappa shape index (κ2) is 6.94. The zero-order valence-electron chi connectivity index (χ0n) is 9.57. The highest BCUT2D eigenvalue weighted by atomic mass is 19.4. The highest BCUT2D eigenvalue weighted by Crippen LogP contribution is 2.11. The molecule has 0 amide bonds. The molecule has 0 aromatic rings. The Balaban J connectivity index is 0.000000360. The van der Waals surface area contributed by atoms with Crippen LogP contribution in [0.25, 0.3) is 0 Å². The van der Waals surface area contributed by atoms with Crippen molar-refractivity contribution in [3.63, 3.8) is 0 Å². The van der Waals surface area contributed by atoms with E-state index in [0.717, 1.165) is 13.0 Å². The zero-order valence-corrected chi connectivity index (χ0v) is 9.57. The highest BCUT2D eigenvalue weighted by Gasteiger charge is 2.33. The van der Waals surface area contributed by atoms with Gasteiger partial charge in [0.2, 0.25) is 0 Å². The average molecular weight is 270 g/mol. The van der Waals surface area contributed by atoms with Crippen LogP contribution < -0.4 is 10.4 Å². The number of carboxylic acid groups (broad SMARTS) is 1. The smallest absolute Gasteiger partial charge is 0.430 e. The molecule has 2 atom stereocenters. The Morgan fingerprint density at radius 2 is 2.00 bits per heavy atom. The molecule has 1 rings (SSSR count). The lowest BCUT2D eigenvalue weighted by Crippen LogP contribution is -2.89. The second-order valence-electron chi connectivity index (χ2n) is 3.46. The second-order valence-corrected chi connectivity index (χ2v) is 3.46. The molecule has 0 radical (unpaired) electrons. The topological polar surface area (TPSA) is 95.4 Å². The van der Waals surface area contributed by atoms with Gasteiger partial charge in [-0.2, -0.15) is 13.2 Å². The number of aliphatic carboxylic acids is 1. The Bertz CT molecular complexity index is 319. The van der Waals surface area contributed by atoms with Gasteiger partial charge in [0.1, 0.15) is 12.0 Å². The van der Waals surface area contributed by atoms with Crippen molar-refractivity contribution in [2.24, 2.45) is 4.99 Å². The van der Waals surface area contributed by atoms with Gasteiger partial charge in [0.25, 0.3) is 0 Å². The molecule has 104 valence electrons. The summed E-state index contributed by atoms with van der Waals surface area (Å²) in [5.41, 5.74) is 0. The van der Waals surface area contributed by atoms with Gasteiger partial charge in [-0.1, -0.05) is 0 Å². The quantitative estimate of drug-likeness (QED) is 0.457. The summed E-state index contributed by atoms with van der Waals surface area (Å²) in [6.07, 6.45) is -4.43. The van der Waals surface area contributed by atoms with Crippen molar-refractivity contribution in [1.82, 2.24) is 0 Å². The van der Waals surface area contributed by atoms with Gasteiger partial charge in [-0.25, -0.2) is 4.79 Å². The van der Waals surface area contributed by atoms with Crippen molar-refractivity contribution in [2.45, 2.75) is 24.7 Å². The van der Waals surface area contributed by atoms with Gasteiger partial charge in [0, 0.05) is 6.42 Å². The first-order valence-corrected chi connectivity index (χ1v) is 4.87. The summed E-state index contributed by atoms with van der Waals surface area (Å²) in [6, 6.07) is 0.162. The number of alkyl halides is 3. The number of rotatable bonds is 2. The van der Waals surface area contributed by atoms with E-state index < -0.39 is 12.1 Å². The Morgan fingerprint density at radius 3 is 2.28 bits per heavy atom. The number of esters is 1. The molecule has 0 aromatic heterocycles. The van der Waals surface area contributed by atoms with E-state index in [9.17, 15) is 18.0 Å². The van der Waals surface area contributed by atoms with E-state index in [1.807, 2.05) is 5.32 Å². The summed E-state index contributed by atoms with van der Waals surface area (Å²) in [4.78, 5) is 23.6. The number of halogens is 3. The van der Waals surface area contributed by atoms with Gasteiger partial charge in [0.15, 0.2) is 6.04 Å². The minimum Gasteiger partial charge on any atom is -0.542 e. The molecule has 1 heterocycles. The molecule has 2 N–H and O–H groups in total. The van der Waals surface area contributed by atoms with Crippen LogP contribution in [0, 0.1) is 0 Å². The number of nitrogens with zero attached hydrogens (tertiary/aromatic N) is 1. The average Bonchev–Trinajstić information content (AvgIpc) is 2.76. The summed E-state index contributed by atoms with van der Waals surface area (Å²) in [6.45, 7) is 4.29. The maximum absolute atomic E-state index is 11.0. The number of hydrogen-bond donors (Lipinski definition) is 1. The number of quaternary nitrogens is 1. The van der Waals surface area contributed by atoms with E-state index in [1.165, 1.54) is 7.11 Å². The molecule has 1 aliphatic rings. The molecule has 9 heteroatoms. The van der Waals surface area contributed by atoms with Crippen LogP contribution in [-0.4, -0.2) is 50.6 Å². The molecule has 1 fully saturated rings. The van der Waals surface area contributed by atoms with E-state index in [0.29, 0.717) is 0 Å². The van der Waals surface area contributed by atoms with Crippen molar-refractivity contribution in [3.05, 3.63) is 0 Å². The monoisotopic (exact) mass is 270 g/mol. The predicted molar refractivity (Wildman–Crippen MR) is 51.6 cm³/mol. The van der Waals surface area contributed by atoms with E-state index in [2.05, 4.69) is 16.4 Å². The number of nitrogens with two attached hydrogens (primary N) is 1. The number of aliphatic imine (C=N–C) groups is 1. The molecule has 0 aliphatic carbocycles. The molecular formula is C9H13F3N2O4. The third-order valence-electron chi connectivity index (χ3n) is 2.21. The maximum Gasteiger partial charge on any atom is 0.430 e. The van der Waals surface area contributed by atoms with E-state index in [1.54, 1.807) is 0 Å². The standard InChI is InChI=1S/C7H12N2O2.C2HF3O2/c1-8-5-3-6(9-4-5)7(10)11-2;3-2(4,5)1(6)7/h5-6,9H,1,3-4H2,2H3;(H,6,7)/t5-,6-;/m0./s1. The number of carboxylic acids is 1. The Morgan fingerprint density at radius 1 is 1.50 bits per heavy atom. The first-order chi connectivity index (χ1) is 8.22. The molecule has 0 spiro atoms. The van der Waals surface area contributed by atoms with Gasteiger partial charge < -0.3 is 20.0 Å². The first kappa shape index (κ1) is 16.4. The van der Waals surface area contributed by atoms with Crippen LogP contribution in [0.4, 0.5) is 13.2 Å². The molecule has 6 nitrogen and oxygen atoms in total. The van der Waals surface area contributed by atoms with Crippen LogP contribution in [0.1, 0.15) is 6.42 Å². The summed E-state index contributed by atoms with van der Waals surface area (Å²) >= 11 is 0. The van der Waals surface area contributed by atoms with Crippen molar-refractivity contribution >= 4 is 18.7 Å². The Kier molecular flexibility index (Phi) is 6.31. The highest BCUT2D eigenvalue weighted by molar-refractivity contribution is 5.74. The normalized spacial score (nSPS) is 22.7. The van der Waals surface area contributed by atoms with E-state index in [4.69, 9.17) is 9.90 Å². The van der Waals surface area contributed by atoms with Gasteiger partial charge in [0.05, 0.1) is 13.7 Å². The van der Waals surface area contributed by atoms with Crippen LogP contribution in [0.5, 0.6) is 0 Å². The summed E-state index contributed by atoms with van der Waals surface area (Å²) < 4.78 is 36.1. The summed E-state index contributed by atoms with van der Waals surface area (Å²) in [5, 5.41) is 10.7. The third-order valence-corrected chi connectivity index (χ3v) is 2.21. The fourth-order valence-corrected chi connectivity index (χ4v) is 1.30. The van der Waals surface area contributed by atoms with Crippen LogP contribution >= 0.6 is 0 Å². The minimum atomic E-state index is -5.19. The van der Waals surface area contributed by atoms with Gasteiger partial charge >= 0.3 is 12.1 Å². The fourth-order valence-electron chi connectivity index (χ4n) is 1.30. The molecule has 0 saturated carbocycles. The number of carbonyl (C=O) groups excluding carboxylic acids is 2. The van der Waals surface area contributed by atoms with Crippen molar-refractivity contribution in [1.29, 1.82) is 0 Å². The largest absolute Gasteiger partial charge is 0.542 e. The predicted octanol–water partition coefficient (Wildman–Crippen LogP) is -2.14. The molecule has 0 bridgehead atoms. The number of hydrogen-bond acceptors (Lipinski definition) is 5. The van der Waals surface area contributed by atoms with Gasteiger partial charge in [-0.15, -0.1) is 0 Å². The molecule has 18 heavy (non-hydrogen) atoms. The Hall–Kier alpha value is -1.64. The summed E-state index contributed by atoms with van der Waals surface area (Å²) in [7, 11) is 1.41. The van der Waals surface area contributed by atoms with Crippen LogP contribution in [-0.2, 0) is 14.3 Å².